The highest BCUT2D eigenvalue weighted by molar-refractivity contribution is 6.10. The quantitative estimate of drug-likeness (QED) is 0.361. The Morgan fingerprint density at radius 1 is 0.656 bits per heavy atom. The fourth-order valence-corrected chi connectivity index (χ4v) is 3.47. The van der Waals surface area contributed by atoms with E-state index in [0.717, 1.165) is 13.1 Å². The van der Waals surface area contributed by atoms with Crippen LogP contribution in [0.25, 0.3) is 21.8 Å². The van der Waals surface area contributed by atoms with Crippen LogP contribution in [0, 0.1) is 0 Å². The second-order valence-electron chi connectivity index (χ2n) is 7.23. The summed E-state index contributed by atoms with van der Waals surface area (Å²) < 4.78 is 11.9. The van der Waals surface area contributed by atoms with E-state index in [1.54, 1.807) is 24.5 Å². The van der Waals surface area contributed by atoms with E-state index < -0.39 is 0 Å². The van der Waals surface area contributed by atoms with E-state index >= 15 is 0 Å². The smallest absolute Gasteiger partial charge is 0.257 e. The number of nitrogens with zero attached hydrogens (tertiary/aromatic N) is 2. The van der Waals surface area contributed by atoms with E-state index in [9.17, 15) is 9.59 Å². The lowest BCUT2D eigenvalue weighted by Gasteiger charge is -2.18. The van der Waals surface area contributed by atoms with Crippen molar-refractivity contribution < 1.29 is 19.1 Å². The molecule has 2 amide bonds. The topological polar surface area (TPSA) is 126 Å². The summed E-state index contributed by atoms with van der Waals surface area (Å²) in [6, 6.07) is 7.21. The number of benzene rings is 1. The molecule has 1 aliphatic rings. The summed E-state index contributed by atoms with van der Waals surface area (Å²) in [5.41, 5.74) is 1.26. The van der Waals surface area contributed by atoms with Gasteiger partial charge in [0.15, 0.2) is 24.7 Å². The monoisotopic (exact) mass is 438 g/mol. The molecule has 32 heavy (non-hydrogen) atoms. The van der Waals surface area contributed by atoms with Gasteiger partial charge in [0.25, 0.3) is 11.8 Å². The van der Waals surface area contributed by atoms with E-state index in [4.69, 9.17) is 9.47 Å². The molecule has 0 bridgehead atoms. The number of hydrogen-bond acceptors (Lipinski definition) is 8. The van der Waals surface area contributed by atoms with Gasteiger partial charge >= 0.3 is 0 Å². The molecule has 0 atom stereocenters. The molecule has 0 aliphatic carbocycles. The molecule has 1 aliphatic heterocycles. The van der Waals surface area contributed by atoms with Crippen molar-refractivity contribution in [1.29, 1.82) is 0 Å². The summed E-state index contributed by atoms with van der Waals surface area (Å²) in [5, 5.41) is 13.4. The molecule has 0 unspecified atom stereocenters. The van der Waals surface area contributed by atoms with Crippen molar-refractivity contribution in [3.63, 3.8) is 0 Å². The normalized spacial score (nSPS) is 17.2. The van der Waals surface area contributed by atoms with Crippen molar-refractivity contribution in [3.05, 3.63) is 36.7 Å². The molecule has 2 aromatic heterocycles. The Balaban J connectivity index is 1.69. The lowest BCUT2D eigenvalue weighted by molar-refractivity contribution is -0.124. The van der Waals surface area contributed by atoms with Crippen LogP contribution in [0.1, 0.15) is 0 Å². The highest BCUT2D eigenvalue weighted by Crippen LogP contribution is 2.42. The SMILES string of the molecule is O=C1COc2c(c3cccnc3c3ncccc23)OCC(=O)NCCNCCNCCN1. The Hall–Kier alpha value is -3.50. The molecule has 4 N–H and O–H groups in total. The number of pyridine rings is 2. The molecule has 0 radical (unpaired) electrons. The first-order valence-corrected chi connectivity index (χ1v) is 10.6. The molecule has 10 heteroatoms. The third-order valence-corrected chi connectivity index (χ3v) is 4.96. The van der Waals surface area contributed by atoms with E-state index in [2.05, 4.69) is 31.2 Å². The molecular formula is C22H26N6O4. The molecule has 0 fully saturated rings. The zero-order valence-corrected chi connectivity index (χ0v) is 17.6. The summed E-state index contributed by atoms with van der Waals surface area (Å²) in [7, 11) is 0. The number of carbonyl (C=O) groups excluding carboxylic acids is 2. The van der Waals surface area contributed by atoms with Gasteiger partial charge in [-0.3, -0.25) is 19.6 Å². The Bertz CT molecular complexity index is 1020. The van der Waals surface area contributed by atoms with E-state index in [1.165, 1.54) is 0 Å². The van der Waals surface area contributed by atoms with Crippen LogP contribution >= 0.6 is 0 Å². The summed E-state index contributed by atoms with van der Waals surface area (Å²) in [6.07, 6.45) is 3.35. The van der Waals surface area contributed by atoms with Gasteiger partial charge in [0.05, 0.1) is 0 Å². The first-order valence-electron chi connectivity index (χ1n) is 10.6. The van der Waals surface area contributed by atoms with Gasteiger partial charge in [-0.05, 0) is 24.3 Å². The van der Waals surface area contributed by atoms with Crippen LogP contribution in [0.4, 0.5) is 0 Å². The Morgan fingerprint density at radius 2 is 1.09 bits per heavy atom. The minimum absolute atomic E-state index is 0.195. The average Bonchev–Trinajstić information content (AvgIpc) is 2.82. The lowest BCUT2D eigenvalue weighted by atomic mass is 10.1. The molecule has 168 valence electrons. The molecule has 3 heterocycles. The lowest BCUT2D eigenvalue weighted by Crippen LogP contribution is -2.39. The fourth-order valence-electron chi connectivity index (χ4n) is 3.47. The van der Waals surface area contributed by atoms with E-state index in [0.29, 0.717) is 59.5 Å². The van der Waals surface area contributed by atoms with Crippen LogP contribution in [-0.4, -0.2) is 74.3 Å². The zero-order valence-electron chi connectivity index (χ0n) is 17.6. The second-order valence-corrected chi connectivity index (χ2v) is 7.23. The third kappa shape index (κ3) is 5.21. The number of carbonyl (C=O) groups is 2. The van der Waals surface area contributed by atoms with Gasteiger partial charge in [-0.1, -0.05) is 0 Å². The van der Waals surface area contributed by atoms with Gasteiger partial charge in [-0.25, -0.2) is 0 Å². The van der Waals surface area contributed by atoms with Crippen molar-refractivity contribution in [2.75, 3.05) is 52.5 Å². The first kappa shape index (κ1) is 21.7. The van der Waals surface area contributed by atoms with Crippen molar-refractivity contribution >= 4 is 33.6 Å². The highest BCUT2D eigenvalue weighted by Gasteiger charge is 2.20. The molecule has 1 aromatic carbocycles. The van der Waals surface area contributed by atoms with Crippen molar-refractivity contribution in [2.24, 2.45) is 0 Å². The van der Waals surface area contributed by atoms with Crippen LogP contribution in [0.5, 0.6) is 11.5 Å². The summed E-state index contributed by atoms with van der Waals surface area (Å²) >= 11 is 0. The van der Waals surface area contributed by atoms with Crippen LogP contribution in [0.15, 0.2) is 36.7 Å². The third-order valence-electron chi connectivity index (χ3n) is 4.96. The number of fused-ring (bicyclic) bond motifs is 6. The van der Waals surface area contributed by atoms with Crippen LogP contribution < -0.4 is 30.7 Å². The maximum atomic E-state index is 12.3. The summed E-state index contributed by atoms with van der Waals surface area (Å²) in [4.78, 5) is 33.6. The number of rotatable bonds is 0. The van der Waals surface area contributed by atoms with Crippen molar-refractivity contribution in [2.45, 2.75) is 0 Å². The maximum absolute atomic E-state index is 12.3. The van der Waals surface area contributed by atoms with Gasteiger partial charge < -0.3 is 30.7 Å². The van der Waals surface area contributed by atoms with Crippen LogP contribution in [-0.2, 0) is 9.59 Å². The molecule has 3 aromatic rings. The molecule has 0 saturated heterocycles. The number of aromatic nitrogens is 2. The number of hydrogen-bond donors (Lipinski definition) is 4. The molecule has 0 spiro atoms. The predicted molar refractivity (Wildman–Crippen MR) is 120 cm³/mol. The average molecular weight is 438 g/mol. The van der Waals surface area contributed by atoms with Crippen molar-refractivity contribution in [3.8, 4) is 11.5 Å². The van der Waals surface area contributed by atoms with E-state index in [-0.39, 0.29) is 25.0 Å². The molecule has 10 nitrogen and oxygen atoms in total. The second kappa shape index (κ2) is 10.7. The van der Waals surface area contributed by atoms with E-state index in [1.807, 2.05) is 12.1 Å². The van der Waals surface area contributed by atoms with Crippen LogP contribution in [0.3, 0.4) is 0 Å². The summed E-state index contributed by atoms with van der Waals surface area (Å²) in [6.45, 7) is 3.41. The van der Waals surface area contributed by atoms with Gasteiger partial charge in [-0.15, -0.1) is 0 Å². The van der Waals surface area contributed by atoms with Crippen molar-refractivity contribution in [1.82, 2.24) is 31.2 Å². The Morgan fingerprint density at radius 3 is 1.56 bits per heavy atom. The maximum Gasteiger partial charge on any atom is 0.257 e. The first-order chi connectivity index (χ1) is 15.7. The summed E-state index contributed by atoms with van der Waals surface area (Å²) in [5.74, 6) is 0.214. The molecule has 0 saturated carbocycles. The zero-order chi connectivity index (χ0) is 22.2. The number of amides is 2. The van der Waals surface area contributed by atoms with Gasteiger partial charge in [-0.2, -0.15) is 0 Å². The largest absolute Gasteiger partial charge is 0.479 e. The molecular weight excluding hydrogens is 412 g/mol. The van der Waals surface area contributed by atoms with Gasteiger partial charge in [0.2, 0.25) is 0 Å². The number of nitrogens with one attached hydrogen (secondary N) is 4. The predicted octanol–water partition coefficient (Wildman–Crippen LogP) is -0.0342. The minimum atomic E-state index is -0.252. The number of ether oxygens (including phenoxy) is 2. The fraction of sp³-hybridized carbons (Fsp3) is 0.364. The van der Waals surface area contributed by atoms with Crippen LogP contribution in [0.2, 0.25) is 0 Å². The Labute approximate surface area is 185 Å². The van der Waals surface area contributed by atoms with Gasteiger partial charge in [0, 0.05) is 62.4 Å². The molecule has 4 rings (SSSR count). The van der Waals surface area contributed by atoms with Gasteiger partial charge in [0.1, 0.15) is 11.0 Å². The minimum Gasteiger partial charge on any atom is -0.479 e. The standard InChI is InChI=1S/C22H26N6O4/c29-17-13-31-21-15-3-1-5-27-19(15)20-16(4-2-6-28-20)22(21)32-14-18(30)26-12-10-24-8-7-23-9-11-25-17/h1-6,23-24H,7-14H2,(H,25,29)(H,26,30). The Kier molecular flexibility index (Phi) is 7.26. The highest BCUT2D eigenvalue weighted by atomic mass is 16.5.